The van der Waals surface area contributed by atoms with E-state index in [4.69, 9.17) is 0 Å². The van der Waals surface area contributed by atoms with Gasteiger partial charge in [0.25, 0.3) is 0 Å². The zero-order valence-corrected chi connectivity index (χ0v) is 12.8. The molecule has 0 amide bonds. The summed E-state index contributed by atoms with van der Waals surface area (Å²) < 4.78 is 0. The summed E-state index contributed by atoms with van der Waals surface area (Å²) in [4.78, 5) is 17.5. The molecule has 21 heavy (non-hydrogen) atoms. The van der Waals surface area contributed by atoms with E-state index in [0.717, 1.165) is 24.3 Å². The Morgan fingerprint density at radius 3 is 2.90 bits per heavy atom. The molecule has 3 heteroatoms. The van der Waals surface area contributed by atoms with Crippen molar-refractivity contribution in [1.82, 2.24) is 9.80 Å². The lowest BCUT2D eigenvalue weighted by atomic mass is 9.67. The van der Waals surface area contributed by atoms with Crippen molar-refractivity contribution in [2.75, 3.05) is 13.1 Å². The normalized spacial score (nSPS) is 45.7. The molecule has 1 saturated carbocycles. The minimum Gasteiger partial charge on any atom is -0.355 e. The Morgan fingerprint density at radius 1 is 1.05 bits per heavy atom. The Labute approximate surface area is 127 Å². The van der Waals surface area contributed by atoms with Gasteiger partial charge < -0.3 is 4.90 Å². The molecule has 3 heterocycles. The van der Waals surface area contributed by atoms with Gasteiger partial charge in [-0.2, -0.15) is 0 Å². The largest absolute Gasteiger partial charge is 0.355 e. The molecule has 5 aliphatic rings. The first-order valence-corrected chi connectivity index (χ1v) is 9.08. The van der Waals surface area contributed by atoms with E-state index in [0.29, 0.717) is 17.9 Å². The average Bonchev–Trinajstić information content (AvgIpc) is 2.87. The maximum atomic E-state index is 12.0. The summed E-state index contributed by atoms with van der Waals surface area (Å²) in [5, 5.41) is 0. The fraction of sp³-hybridized carbons (Fsp3) is 0.833. The molecule has 0 spiro atoms. The van der Waals surface area contributed by atoms with Crippen molar-refractivity contribution >= 4 is 5.78 Å². The van der Waals surface area contributed by atoms with Gasteiger partial charge in [-0.15, -0.1) is 0 Å². The molecule has 5 rings (SSSR count). The van der Waals surface area contributed by atoms with E-state index < -0.39 is 0 Å². The van der Waals surface area contributed by atoms with E-state index in [2.05, 4.69) is 9.80 Å². The van der Waals surface area contributed by atoms with E-state index in [-0.39, 0.29) is 0 Å². The lowest BCUT2D eigenvalue weighted by Gasteiger charge is -2.62. The number of hydrogen-bond donors (Lipinski definition) is 0. The second-order valence-corrected chi connectivity index (χ2v) is 7.99. The number of fused-ring (bicyclic) bond motifs is 4. The molecule has 4 fully saturated rings. The van der Waals surface area contributed by atoms with E-state index in [1.54, 1.807) is 0 Å². The van der Waals surface area contributed by atoms with Crippen LogP contribution in [0.1, 0.15) is 51.4 Å². The van der Waals surface area contributed by atoms with Gasteiger partial charge in [0.05, 0.1) is 6.17 Å². The van der Waals surface area contributed by atoms with Crippen LogP contribution in [0, 0.1) is 17.8 Å². The zero-order valence-electron chi connectivity index (χ0n) is 12.8. The summed E-state index contributed by atoms with van der Waals surface area (Å²) in [6.45, 7) is 2.61. The summed E-state index contributed by atoms with van der Waals surface area (Å²) >= 11 is 0. The lowest BCUT2D eigenvalue weighted by molar-refractivity contribution is -0.119. The number of hydrogen-bond acceptors (Lipinski definition) is 3. The molecule has 0 aromatic heterocycles. The van der Waals surface area contributed by atoms with E-state index in [9.17, 15) is 4.79 Å². The first-order valence-electron chi connectivity index (χ1n) is 9.08. The molecule has 2 aliphatic carbocycles. The van der Waals surface area contributed by atoms with Gasteiger partial charge in [-0.05, 0) is 50.4 Å². The number of allylic oxidation sites excluding steroid dienone is 2. The van der Waals surface area contributed by atoms with Crippen LogP contribution in [0.3, 0.4) is 0 Å². The predicted octanol–water partition coefficient (Wildman–Crippen LogP) is 2.78. The molecule has 0 radical (unpaired) electrons. The molecule has 0 N–H and O–H groups in total. The van der Waals surface area contributed by atoms with Crippen LogP contribution in [0.25, 0.3) is 0 Å². The third kappa shape index (κ3) is 1.79. The summed E-state index contributed by atoms with van der Waals surface area (Å²) in [7, 11) is 0. The summed E-state index contributed by atoms with van der Waals surface area (Å²) in [5.41, 5.74) is 1.43. The van der Waals surface area contributed by atoms with Crippen molar-refractivity contribution in [2.45, 2.75) is 63.6 Å². The highest BCUT2D eigenvalue weighted by Crippen LogP contribution is 2.51. The Hall–Kier alpha value is -0.830. The summed E-state index contributed by atoms with van der Waals surface area (Å²) in [5.74, 6) is 2.66. The quantitative estimate of drug-likeness (QED) is 0.684. The third-order valence-electron chi connectivity index (χ3n) is 6.87. The first kappa shape index (κ1) is 12.7. The number of ketones is 1. The highest BCUT2D eigenvalue weighted by atomic mass is 16.1. The molecule has 3 aliphatic heterocycles. The second kappa shape index (κ2) is 4.58. The van der Waals surface area contributed by atoms with Crippen molar-refractivity contribution in [1.29, 1.82) is 0 Å². The van der Waals surface area contributed by atoms with E-state index in [1.165, 1.54) is 63.7 Å². The average molecular weight is 286 g/mol. The van der Waals surface area contributed by atoms with Crippen molar-refractivity contribution in [3.05, 3.63) is 11.8 Å². The third-order valence-corrected chi connectivity index (χ3v) is 6.87. The van der Waals surface area contributed by atoms with Crippen LogP contribution >= 0.6 is 0 Å². The molecule has 0 aromatic rings. The number of rotatable bonds is 0. The summed E-state index contributed by atoms with van der Waals surface area (Å²) in [6, 6.07) is 0.756. The topological polar surface area (TPSA) is 23.6 Å². The Balaban J connectivity index is 1.57. The number of carbonyl (C=O) groups excluding carboxylic acids is 1. The Morgan fingerprint density at radius 2 is 1.95 bits per heavy atom. The number of piperidine rings is 2. The Kier molecular flexibility index (Phi) is 2.77. The smallest absolute Gasteiger partial charge is 0.158 e. The van der Waals surface area contributed by atoms with Crippen LogP contribution in [0.5, 0.6) is 0 Å². The van der Waals surface area contributed by atoms with Crippen molar-refractivity contribution in [2.24, 2.45) is 17.8 Å². The molecule has 0 aromatic carbocycles. The fourth-order valence-corrected chi connectivity index (χ4v) is 6.17. The van der Waals surface area contributed by atoms with Crippen LogP contribution < -0.4 is 0 Å². The molecule has 3 nitrogen and oxygen atoms in total. The van der Waals surface area contributed by atoms with Crippen LogP contribution in [-0.4, -0.2) is 40.9 Å². The monoisotopic (exact) mass is 286 g/mol. The standard InChI is InChI=1S/C18H26N2O/c21-15-9-14-8-12-4-3-5-13-11-19-7-2-1-6-17(19)20(18(12)13)16(14)10-15/h10,12-14,17-18H,1-9,11H2. The molecule has 3 saturated heterocycles. The highest BCUT2D eigenvalue weighted by molar-refractivity contribution is 5.93. The van der Waals surface area contributed by atoms with Gasteiger partial charge in [0, 0.05) is 43.2 Å². The van der Waals surface area contributed by atoms with Gasteiger partial charge in [-0.3, -0.25) is 9.69 Å². The van der Waals surface area contributed by atoms with Gasteiger partial charge >= 0.3 is 0 Å². The number of nitrogens with zero attached hydrogens (tertiary/aromatic N) is 2. The zero-order chi connectivity index (χ0) is 14.0. The van der Waals surface area contributed by atoms with Crippen molar-refractivity contribution < 1.29 is 4.79 Å². The number of carbonyl (C=O) groups is 1. The van der Waals surface area contributed by atoms with Crippen LogP contribution in [0.15, 0.2) is 11.8 Å². The van der Waals surface area contributed by atoms with E-state index >= 15 is 0 Å². The maximum absolute atomic E-state index is 12.0. The highest BCUT2D eigenvalue weighted by Gasteiger charge is 2.52. The van der Waals surface area contributed by atoms with Crippen molar-refractivity contribution in [3.8, 4) is 0 Å². The molecule has 5 unspecified atom stereocenters. The molecule has 114 valence electrons. The second-order valence-electron chi connectivity index (χ2n) is 7.99. The van der Waals surface area contributed by atoms with Crippen LogP contribution in [-0.2, 0) is 4.79 Å². The van der Waals surface area contributed by atoms with Gasteiger partial charge in [0.1, 0.15) is 0 Å². The molecular weight excluding hydrogens is 260 g/mol. The van der Waals surface area contributed by atoms with Crippen LogP contribution in [0.4, 0.5) is 0 Å². The molecule has 5 atom stereocenters. The minimum atomic E-state index is 0.387. The maximum Gasteiger partial charge on any atom is 0.158 e. The van der Waals surface area contributed by atoms with Gasteiger partial charge in [0.2, 0.25) is 0 Å². The minimum absolute atomic E-state index is 0.387. The fourth-order valence-electron chi connectivity index (χ4n) is 6.17. The van der Waals surface area contributed by atoms with Gasteiger partial charge in [-0.1, -0.05) is 6.42 Å². The Bertz CT molecular complexity index is 499. The van der Waals surface area contributed by atoms with Gasteiger partial charge in [-0.25, -0.2) is 0 Å². The predicted molar refractivity (Wildman–Crippen MR) is 81.5 cm³/mol. The summed E-state index contributed by atoms with van der Waals surface area (Å²) in [6.07, 6.45) is 13.0. The van der Waals surface area contributed by atoms with Crippen LogP contribution in [0.2, 0.25) is 0 Å². The molecular formula is C18H26N2O. The van der Waals surface area contributed by atoms with Crippen molar-refractivity contribution in [3.63, 3.8) is 0 Å². The first-order chi connectivity index (χ1) is 10.3. The van der Waals surface area contributed by atoms with E-state index in [1.807, 2.05) is 6.08 Å². The SMILES string of the molecule is O=C1C=C2C(C1)CC1CCCC3CN4CCCCC4N2C13. The lowest BCUT2D eigenvalue weighted by Crippen LogP contribution is -2.67. The molecule has 0 bridgehead atoms. The van der Waals surface area contributed by atoms with Gasteiger partial charge in [0.15, 0.2) is 5.78 Å².